The topological polar surface area (TPSA) is 79.0 Å². The molecule has 7 nitrogen and oxygen atoms in total. The highest BCUT2D eigenvalue weighted by Gasteiger charge is 2.19. The van der Waals surface area contributed by atoms with Crippen LogP contribution in [0.2, 0.25) is 0 Å². The van der Waals surface area contributed by atoms with E-state index >= 15 is 0 Å². The zero-order chi connectivity index (χ0) is 23.5. The molecule has 170 valence electrons. The van der Waals surface area contributed by atoms with Gasteiger partial charge in [-0.2, -0.15) is 5.10 Å². The molecule has 0 N–H and O–H groups in total. The average molecular weight is 467 g/mol. The molecule has 0 spiro atoms. The number of carbonyl (C=O) groups is 1. The van der Waals surface area contributed by atoms with Crippen LogP contribution in [0.1, 0.15) is 34.1 Å². The van der Waals surface area contributed by atoms with Gasteiger partial charge in [-0.1, -0.05) is 23.9 Å². The maximum Gasteiger partial charge on any atom is 0.280 e. The van der Waals surface area contributed by atoms with Crippen molar-refractivity contribution in [2.45, 2.75) is 37.8 Å². The fraction of sp³-hybridized carbons (Fsp3) is 0.250. The van der Waals surface area contributed by atoms with E-state index in [4.69, 9.17) is 9.72 Å². The van der Waals surface area contributed by atoms with Crippen molar-refractivity contribution < 1.29 is 13.9 Å². The van der Waals surface area contributed by atoms with Gasteiger partial charge in [-0.25, -0.2) is 9.37 Å². The lowest BCUT2D eigenvalue weighted by molar-refractivity contribution is 0.112. The minimum atomic E-state index is -0.337. The van der Waals surface area contributed by atoms with Crippen LogP contribution in [0.25, 0.3) is 11.0 Å². The molecular weight excluding hydrogens is 443 g/mol. The summed E-state index contributed by atoms with van der Waals surface area (Å²) < 4.78 is 22.1. The van der Waals surface area contributed by atoms with Gasteiger partial charge >= 0.3 is 0 Å². The van der Waals surface area contributed by atoms with Crippen molar-refractivity contribution in [3.05, 3.63) is 81.0 Å². The van der Waals surface area contributed by atoms with Gasteiger partial charge in [0.15, 0.2) is 10.7 Å². The van der Waals surface area contributed by atoms with Crippen LogP contribution in [0.15, 0.2) is 52.4 Å². The largest absolute Gasteiger partial charge is 0.496 e. The monoisotopic (exact) mass is 466 g/mol. The van der Waals surface area contributed by atoms with Gasteiger partial charge in [0, 0.05) is 23.4 Å². The van der Waals surface area contributed by atoms with E-state index in [0.717, 1.165) is 17.4 Å². The summed E-state index contributed by atoms with van der Waals surface area (Å²) in [5.74, 6) is 0.750. The number of carbonyl (C=O) groups excluding carboxylic acids is 1. The zero-order valence-electron chi connectivity index (χ0n) is 18.5. The van der Waals surface area contributed by atoms with E-state index in [1.165, 1.54) is 23.9 Å². The molecule has 2 aromatic heterocycles. The number of benzene rings is 2. The molecule has 0 amide bonds. The molecule has 0 aliphatic heterocycles. The standard InChI is InChI=1S/C24H23FN4O3S/c1-4-29-22-21(15(2)27-29)26-24(28(23(22)31)12-16-5-8-19(25)9-6-16)33-14-18-11-17(13-30)7-10-20(18)32-3/h5-11,13H,4,12,14H2,1-3H3. The lowest BCUT2D eigenvalue weighted by Crippen LogP contribution is -2.25. The predicted molar refractivity (Wildman–Crippen MR) is 126 cm³/mol. The van der Waals surface area contributed by atoms with Gasteiger partial charge in [-0.05, 0) is 49.7 Å². The van der Waals surface area contributed by atoms with Crippen molar-refractivity contribution in [3.8, 4) is 5.75 Å². The van der Waals surface area contributed by atoms with E-state index in [9.17, 15) is 14.0 Å². The second kappa shape index (κ2) is 9.58. The molecular formula is C24H23FN4O3S. The van der Waals surface area contributed by atoms with Crippen molar-refractivity contribution in [2.75, 3.05) is 7.11 Å². The Kier molecular flexibility index (Phi) is 6.60. The summed E-state index contributed by atoms with van der Waals surface area (Å²) in [4.78, 5) is 29.6. The number of methoxy groups -OCH3 is 1. The minimum Gasteiger partial charge on any atom is -0.496 e. The normalized spacial score (nSPS) is 11.2. The summed E-state index contributed by atoms with van der Waals surface area (Å²) in [5, 5.41) is 4.97. The molecule has 2 heterocycles. The molecule has 9 heteroatoms. The van der Waals surface area contributed by atoms with Crippen LogP contribution in [-0.2, 0) is 18.8 Å². The van der Waals surface area contributed by atoms with Gasteiger partial charge in [-0.3, -0.25) is 18.8 Å². The second-order valence-electron chi connectivity index (χ2n) is 7.49. The number of fused-ring (bicyclic) bond motifs is 1. The van der Waals surface area contributed by atoms with Crippen LogP contribution in [-0.4, -0.2) is 32.7 Å². The molecule has 0 aliphatic rings. The van der Waals surface area contributed by atoms with Crippen LogP contribution in [0.3, 0.4) is 0 Å². The number of ether oxygens (including phenoxy) is 1. The van der Waals surface area contributed by atoms with Crippen molar-refractivity contribution in [1.29, 1.82) is 0 Å². The summed E-state index contributed by atoms with van der Waals surface area (Å²) in [7, 11) is 1.57. The third-order valence-electron chi connectivity index (χ3n) is 5.33. The summed E-state index contributed by atoms with van der Waals surface area (Å²) in [6.07, 6.45) is 0.783. The molecule has 0 saturated carbocycles. The van der Waals surface area contributed by atoms with Gasteiger partial charge < -0.3 is 4.74 Å². The van der Waals surface area contributed by atoms with Gasteiger partial charge in [0.25, 0.3) is 5.56 Å². The molecule has 4 rings (SSSR count). The number of thioether (sulfide) groups is 1. The summed E-state index contributed by atoms with van der Waals surface area (Å²) in [6.45, 7) is 4.53. The van der Waals surface area contributed by atoms with Crippen LogP contribution >= 0.6 is 11.8 Å². The smallest absolute Gasteiger partial charge is 0.280 e. The SMILES string of the molecule is CCn1nc(C)c2nc(SCc3cc(C=O)ccc3OC)n(Cc3ccc(F)cc3)c(=O)c21. The number of rotatable bonds is 8. The molecule has 0 bridgehead atoms. The average Bonchev–Trinajstić information content (AvgIpc) is 3.16. The molecule has 33 heavy (non-hydrogen) atoms. The van der Waals surface area contributed by atoms with Crippen LogP contribution < -0.4 is 10.3 Å². The molecule has 0 atom stereocenters. The van der Waals surface area contributed by atoms with Gasteiger partial charge in [0.05, 0.1) is 19.3 Å². The lowest BCUT2D eigenvalue weighted by Gasteiger charge is -2.14. The molecule has 0 aliphatic carbocycles. The fourth-order valence-electron chi connectivity index (χ4n) is 3.67. The highest BCUT2D eigenvalue weighted by molar-refractivity contribution is 7.98. The highest BCUT2D eigenvalue weighted by atomic mass is 32.2. The molecule has 0 radical (unpaired) electrons. The molecule has 4 aromatic rings. The quantitative estimate of drug-likeness (QED) is 0.220. The number of aldehydes is 1. The fourth-order valence-corrected chi connectivity index (χ4v) is 4.64. The number of hydrogen-bond donors (Lipinski definition) is 0. The van der Waals surface area contributed by atoms with E-state index in [1.54, 1.807) is 46.7 Å². The molecule has 0 saturated heterocycles. The first-order valence-corrected chi connectivity index (χ1v) is 11.4. The van der Waals surface area contributed by atoms with E-state index in [-0.39, 0.29) is 17.9 Å². The van der Waals surface area contributed by atoms with Crippen LogP contribution in [0.5, 0.6) is 5.75 Å². The third kappa shape index (κ3) is 4.54. The molecule has 2 aromatic carbocycles. The van der Waals surface area contributed by atoms with Crippen LogP contribution in [0, 0.1) is 12.7 Å². The zero-order valence-corrected chi connectivity index (χ0v) is 19.4. The molecule has 0 unspecified atom stereocenters. The van der Waals surface area contributed by atoms with Crippen molar-refractivity contribution in [1.82, 2.24) is 19.3 Å². The minimum absolute atomic E-state index is 0.206. The van der Waals surface area contributed by atoms with E-state index in [2.05, 4.69) is 5.10 Å². The Morgan fingerprint density at radius 1 is 1.18 bits per heavy atom. The first kappa shape index (κ1) is 22.7. The lowest BCUT2D eigenvalue weighted by atomic mass is 10.1. The number of nitrogens with zero attached hydrogens (tertiary/aromatic N) is 4. The summed E-state index contributed by atoms with van der Waals surface area (Å²) >= 11 is 1.37. The van der Waals surface area contributed by atoms with Crippen molar-refractivity contribution in [2.24, 2.45) is 0 Å². The first-order chi connectivity index (χ1) is 15.9. The number of halogens is 1. The maximum absolute atomic E-state index is 13.6. The van der Waals surface area contributed by atoms with Gasteiger partial charge in [-0.15, -0.1) is 0 Å². The first-order valence-electron chi connectivity index (χ1n) is 10.4. The highest BCUT2D eigenvalue weighted by Crippen LogP contribution is 2.29. The predicted octanol–water partition coefficient (Wildman–Crippen LogP) is 4.22. The Bertz CT molecular complexity index is 1380. The number of aryl methyl sites for hydroxylation is 2. The second-order valence-corrected chi connectivity index (χ2v) is 8.43. The Morgan fingerprint density at radius 3 is 2.61 bits per heavy atom. The van der Waals surface area contributed by atoms with E-state index in [1.807, 2.05) is 13.8 Å². The Balaban J connectivity index is 1.80. The number of hydrogen-bond acceptors (Lipinski definition) is 6. The Hall–Kier alpha value is -3.46. The maximum atomic E-state index is 13.6. The summed E-state index contributed by atoms with van der Waals surface area (Å²) in [5.41, 5.74) is 3.62. The Labute approximate surface area is 194 Å². The van der Waals surface area contributed by atoms with Gasteiger partial charge in [0.2, 0.25) is 0 Å². The number of aromatic nitrogens is 4. The summed E-state index contributed by atoms with van der Waals surface area (Å²) in [6, 6.07) is 11.2. The third-order valence-corrected chi connectivity index (χ3v) is 6.36. The van der Waals surface area contributed by atoms with E-state index in [0.29, 0.717) is 45.5 Å². The van der Waals surface area contributed by atoms with Crippen molar-refractivity contribution >= 4 is 29.1 Å². The van der Waals surface area contributed by atoms with Gasteiger partial charge in [0.1, 0.15) is 23.4 Å². The Morgan fingerprint density at radius 2 is 1.94 bits per heavy atom. The molecule has 0 fully saturated rings. The van der Waals surface area contributed by atoms with E-state index < -0.39 is 0 Å². The van der Waals surface area contributed by atoms with Crippen LogP contribution in [0.4, 0.5) is 4.39 Å². The van der Waals surface area contributed by atoms with Crippen molar-refractivity contribution in [3.63, 3.8) is 0 Å².